The van der Waals surface area contributed by atoms with Crippen molar-refractivity contribution in [3.63, 3.8) is 0 Å². The largest absolute Gasteiger partial charge is 0.466 e. The second-order valence-electron chi connectivity index (χ2n) is 3.81. The van der Waals surface area contributed by atoms with Crippen molar-refractivity contribution >= 4 is 5.97 Å². The molecule has 17 heavy (non-hydrogen) atoms. The summed E-state index contributed by atoms with van der Waals surface area (Å²) < 4.78 is 31.0. The van der Waals surface area contributed by atoms with Crippen LogP contribution in [0.25, 0.3) is 0 Å². The number of rotatable bonds is 6. The topological polar surface area (TPSA) is 26.3 Å². The highest BCUT2D eigenvalue weighted by molar-refractivity contribution is 5.69. The van der Waals surface area contributed by atoms with Gasteiger partial charge in [0.1, 0.15) is 11.6 Å². The van der Waals surface area contributed by atoms with E-state index in [-0.39, 0.29) is 24.4 Å². The molecular formula is C13H16F2O2. The molecule has 0 atom stereocenters. The second kappa shape index (κ2) is 6.99. The van der Waals surface area contributed by atoms with Crippen LogP contribution in [0, 0.1) is 11.6 Å². The monoisotopic (exact) mass is 242 g/mol. The number of benzene rings is 1. The molecule has 0 N–H and O–H groups in total. The molecule has 94 valence electrons. The number of halogens is 2. The average Bonchev–Trinajstić information content (AvgIpc) is 2.31. The molecule has 0 unspecified atom stereocenters. The fraction of sp³-hybridized carbons (Fsp3) is 0.462. The number of unbranched alkanes of at least 4 members (excludes halogenated alkanes) is 1. The highest BCUT2D eigenvalue weighted by Gasteiger charge is 2.08. The van der Waals surface area contributed by atoms with Crippen molar-refractivity contribution in [2.45, 2.75) is 32.6 Å². The van der Waals surface area contributed by atoms with Crippen LogP contribution in [0.4, 0.5) is 8.78 Å². The summed E-state index contributed by atoms with van der Waals surface area (Å²) >= 11 is 0. The van der Waals surface area contributed by atoms with E-state index >= 15 is 0 Å². The van der Waals surface area contributed by atoms with E-state index in [0.29, 0.717) is 6.61 Å². The first kappa shape index (κ1) is 13.6. The van der Waals surface area contributed by atoms with Gasteiger partial charge < -0.3 is 4.74 Å². The van der Waals surface area contributed by atoms with Crippen LogP contribution < -0.4 is 0 Å². The van der Waals surface area contributed by atoms with Crippen LogP contribution in [0.1, 0.15) is 31.7 Å². The molecule has 0 spiro atoms. The Morgan fingerprint density at radius 3 is 2.82 bits per heavy atom. The highest BCUT2D eigenvalue weighted by atomic mass is 19.1. The summed E-state index contributed by atoms with van der Waals surface area (Å²) in [5.74, 6) is -1.37. The van der Waals surface area contributed by atoms with Crippen LogP contribution in [0.15, 0.2) is 18.2 Å². The first-order valence-electron chi connectivity index (χ1n) is 5.73. The molecule has 0 radical (unpaired) electrons. The number of hydrogen-bond acceptors (Lipinski definition) is 2. The fourth-order valence-corrected chi connectivity index (χ4v) is 1.37. The van der Waals surface area contributed by atoms with Gasteiger partial charge in [0, 0.05) is 6.42 Å². The molecular weight excluding hydrogens is 226 g/mol. The number of ether oxygens (including phenoxy) is 1. The lowest BCUT2D eigenvalue weighted by Crippen LogP contribution is -2.07. The lowest BCUT2D eigenvalue weighted by atomic mass is 10.1. The van der Waals surface area contributed by atoms with Crippen LogP contribution in [0.5, 0.6) is 0 Å². The van der Waals surface area contributed by atoms with Gasteiger partial charge in [-0.3, -0.25) is 4.79 Å². The quantitative estimate of drug-likeness (QED) is 0.565. The minimum absolute atomic E-state index is 0.0735. The number of aryl methyl sites for hydroxylation is 1. The lowest BCUT2D eigenvalue weighted by Gasteiger charge is -2.05. The van der Waals surface area contributed by atoms with Gasteiger partial charge in [-0.05, 0) is 36.6 Å². The van der Waals surface area contributed by atoms with Gasteiger partial charge in [0.15, 0.2) is 0 Å². The SMILES string of the molecule is CCCCOC(=O)CCc1cc(F)ccc1F. The Morgan fingerprint density at radius 2 is 2.12 bits per heavy atom. The predicted octanol–water partition coefficient (Wildman–Crippen LogP) is 3.24. The van der Waals surface area contributed by atoms with Crippen LogP contribution in [0.2, 0.25) is 0 Å². The molecule has 0 bridgehead atoms. The lowest BCUT2D eigenvalue weighted by molar-refractivity contribution is -0.143. The molecule has 0 amide bonds. The Hall–Kier alpha value is -1.45. The van der Waals surface area contributed by atoms with E-state index in [9.17, 15) is 13.6 Å². The van der Waals surface area contributed by atoms with Crippen molar-refractivity contribution in [2.24, 2.45) is 0 Å². The van der Waals surface area contributed by atoms with Crippen molar-refractivity contribution < 1.29 is 18.3 Å². The first-order valence-corrected chi connectivity index (χ1v) is 5.73. The highest BCUT2D eigenvalue weighted by Crippen LogP contribution is 2.12. The molecule has 0 aromatic heterocycles. The Kier molecular flexibility index (Phi) is 5.60. The predicted molar refractivity (Wildman–Crippen MR) is 60.5 cm³/mol. The molecule has 0 saturated carbocycles. The van der Waals surface area contributed by atoms with Crippen molar-refractivity contribution in [1.29, 1.82) is 0 Å². The number of carbonyl (C=O) groups is 1. The minimum Gasteiger partial charge on any atom is -0.466 e. The van der Waals surface area contributed by atoms with Gasteiger partial charge in [0.2, 0.25) is 0 Å². The van der Waals surface area contributed by atoms with E-state index in [4.69, 9.17) is 4.74 Å². The molecule has 2 nitrogen and oxygen atoms in total. The van der Waals surface area contributed by atoms with Gasteiger partial charge >= 0.3 is 5.97 Å². The third kappa shape index (κ3) is 4.93. The van der Waals surface area contributed by atoms with Crippen molar-refractivity contribution in [1.82, 2.24) is 0 Å². The van der Waals surface area contributed by atoms with E-state index in [0.717, 1.165) is 31.0 Å². The third-order valence-corrected chi connectivity index (χ3v) is 2.37. The van der Waals surface area contributed by atoms with Crippen molar-refractivity contribution in [3.8, 4) is 0 Å². The maximum absolute atomic E-state index is 13.2. The van der Waals surface area contributed by atoms with Gasteiger partial charge in [0.25, 0.3) is 0 Å². The summed E-state index contributed by atoms with van der Waals surface area (Å²) in [6, 6.07) is 3.22. The minimum atomic E-state index is -0.499. The number of hydrogen-bond donors (Lipinski definition) is 0. The summed E-state index contributed by atoms with van der Waals surface area (Å²) in [5, 5.41) is 0. The molecule has 0 fully saturated rings. The van der Waals surface area contributed by atoms with Crippen molar-refractivity contribution in [2.75, 3.05) is 6.61 Å². The van der Waals surface area contributed by atoms with Gasteiger partial charge in [-0.2, -0.15) is 0 Å². The zero-order valence-electron chi connectivity index (χ0n) is 9.84. The second-order valence-corrected chi connectivity index (χ2v) is 3.81. The molecule has 0 aliphatic carbocycles. The van der Waals surface area contributed by atoms with Gasteiger partial charge in [-0.25, -0.2) is 8.78 Å². The Bertz CT molecular complexity index is 378. The molecule has 1 aromatic carbocycles. The van der Waals surface area contributed by atoms with Crippen LogP contribution >= 0.6 is 0 Å². The van der Waals surface area contributed by atoms with Gasteiger partial charge in [-0.15, -0.1) is 0 Å². The van der Waals surface area contributed by atoms with Crippen molar-refractivity contribution in [3.05, 3.63) is 35.4 Å². The summed E-state index contributed by atoms with van der Waals surface area (Å²) in [6.45, 7) is 2.39. The molecule has 0 heterocycles. The van der Waals surface area contributed by atoms with Gasteiger partial charge in [0.05, 0.1) is 6.61 Å². The first-order chi connectivity index (χ1) is 8.13. The normalized spacial score (nSPS) is 10.3. The summed E-state index contributed by atoms with van der Waals surface area (Å²) in [7, 11) is 0. The maximum Gasteiger partial charge on any atom is 0.306 e. The number of carbonyl (C=O) groups excluding carboxylic acids is 1. The molecule has 0 saturated heterocycles. The maximum atomic E-state index is 13.2. The van der Waals surface area contributed by atoms with E-state index in [1.54, 1.807) is 0 Å². The summed E-state index contributed by atoms with van der Waals surface area (Å²) in [6.07, 6.45) is 2.00. The molecule has 1 aromatic rings. The Balaban J connectivity index is 2.39. The average molecular weight is 242 g/mol. The van der Waals surface area contributed by atoms with Crippen LogP contribution in [0.3, 0.4) is 0 Å². The Morgan fingerprint density at radius 1 is 1.35 bits per heavy atom. The van der Waals surface area contributed by atoms with Crippen LogP contribution in [-0.4, -0.2) is 12.6 Å². The van der Waals surface area contributed by atoms with E-state index in [1.807, 2.05) is 6.92 Å². The van der Waals surface area contributed by atoms with E-state index in [1.165, 1.54) is 0 Å². The number of esters is 1. The molecule has 4 heteroatoms. The zero-order valence-corrected chi connectivity index (χ0v) is 9.84. The summed E-state index contributed by atoms with van der Waals surface area (Å²) in [5.41, 5.74) is 0.206. The third-order valence-electron chi connectivity index (χ3n) is 2.37. The molecule has 0 aliphatic rings. The zero-order chi connectivity index (χ0) is 12.7. The fourth-order valence-electron chi connectivity index (χ4n) is 1.37. The molecule has 1 rings (SSSR count). The summed E-state index contributed by atoms with van der Waals surface area (Å²) in [4.78, 5) is 11.2. The smallest absolute Gasteiger partial charge is 0.306 e. The van der Waals surface area contributed by atoms with E-state index < -0.39 is 11.6 Å². The molecule has 0 aliphatic heterocycles. The van der Waals surface area contributed by atoms with E-state index in [2.05, 4.69) is 0 Å². The standard InChI is InChI=1S/C13H16F2O2/c1-2-3-8-17-13(16)7-4-10-9-11(14)5-6-12(10)15/h5-6,9H,2-4,7-8H2,1H3. The Labute approximate surface area is 99.6 Å². The van der Waals surface area contributed by atoms with Crippen LogP contribution in [-0.2, 0) is 16.0 Å². The van der Waals surface area contributed by atoms with Gasteiger partial charge in [-0.1, -0.05) is 13.3 Å².